The van der Waals surface area contributed by atoms with E-state index in [1.807, 2.05) is 10.9 Å². The van der Waals surface area contributed by atoms with Gasteiger partial charge in [-0.25, -0.2) is 4.39 Å². The van der Waals surface area contributed by atoms with Gasteiger partial charge in [0.25, 0.3) is 14.3 Å². The summed E-state index contributed by atoms with van der Waals surface area (Å²) in [5.74, 6) is 0.117. The average Bonchev–Trinajstić information content (AvgIpc) is 2.42. The first-order valence-corrected chi connectivity index (χ1v) is 7.09. The van der Waals surface area contributed by atoms with E-state index in [2.05, 4.69) is 0 Å². The third-order valence-corrected chi connectivity index (χ3v) is 3.87. The molecule has 0 aliphatic carbocycles. The average molecular weight is 274 g/mol. The van der Waals surface area contributed by atoms with E-state index in [1.165, 1.54) is 0 Å². The minimum Gasteiger partial charge on any atom is -0.450 e. The van der Waals surface area contributed by atoms with Gasteiger partial charge < -0.3 is 14.6 Å². The number of carbonyl (C=O) groups is 1. The molecule has 1 N–H and O–H groups in total. The Labute approximate surface area is 120 Å². The van der Waals surface area contributed by atoms with Gasteiger partial charge in [-0.3, -0.25) is 0 Å². The van der Waals surface area contributed by atoms with Crippen LogP contribution in [0.3, 0.4) is 0 Å². The largest absolute Gasteiger partial charge is 0.450 e. The molecule has 1 saturated heterocycles. The van der Waals surface area contributed by atoms with E-state index in [1.54, 1.807) is 26.4 Å². The quantitative estimate of drug-likeness (QED) is 0.653. The predicted molar refractivity (Wildman–Crippen MR) is 80.0 cm³/mol. The maximum Gasteiger partial charge on any atom is 0.293 e. The molecule has 1 aromatic carbocycles. The molecule has 3 nitrogen and oxygen atoms in total. The maximum atomic E-state index is 14.0. The molecule has 0 atom stereocenters. The van der Waals surface area contributed by atoms with E-state index in [4.69, 9.17) is 0 Å². The van der Waals surface area contributed by atoms with Crippen molar-refractivity contribution < 1.29 is 14.2 Å². The van der Waals surface area contributed by atoms with Crippen molar-refractivity contribution in [2.24, 2.45) is 0 Å². The van der Waals surface area contributed by atoms with Gasteiger partial charge in [-0.2, -0.15) is 0 Å². The maximum absolute atomic E-state index is 14.0. The van der Waals surface area contributed by atoms with Crippen molar-refractivity contribution in [1.82, 2.24) is 4.81 Å². The molecule has 1 aliphatic heterocycles. The summed E-state index contributed by atoms with van der Waals surface area (Å²) >= 11 is 0. The molecule has 1 aromatic rings. The third kappa shape index (κ3) is 3.93. The fraction of sp³-hybridized carbons (Fsp3) is 0.500. The second-order valence-corrected chi connectivity index (χ2v) is 5.50. The number of benzene rings is 1. The molecule has 1 heterocycles. The highest BCUT2D eigenvalue weighted by molar-refractivity contribution is 6.64. The number of hydrogen-bond donors (Lipinski definition) is 1. The number of halogens is 1. The SMILES string of the molecule is CB(O)Cc1ccc(C2CCN([B]C=O)CC2)cc1F. The lowest BCUT2D eigenvalue weighted by molar-refractivity contribution is 0.330. The van der Waals surface area contributed by atoms with Crippen molar-refractivity contribution >= 4 is 20.5 Å². The molecule has 1 radical (unpaired) electrons. The minimum atomic E-state index is -0.530. The summed E-state index contributed by atoms with van der Waals surface area (Å²) in [6, 6.07) is 5.34. The van der Waals surface area contributed by atoms with E-state index in [9.17, 15) is 14.2 Å². The van der Waals surface area contributed by atoms with Crippen molar-refractivity contribution in [3.63, 3.8) is 0 Å². The molecule has 0 saturated carbocycles. The Balaban J connectivity index is 2.00. The van der Waals surface area contributed by atoms with Crippen molar-refractivity contribution in [2.45, 2.75) is 31.9 Å². The van der Waals surface area contributed by atoms with E-state index in [0.29, 0.717) is 17.8 Å². The van der Waals surface area contributed by atoms with Crippen LogP contribution in [-0.2, 0) is 11.1 Å². The lowest BCUT2D eigenvalue weighted by Crippen LogP contribution is -2.36. The van der Waals surface area contributed by atoms with Crippen molar-refractivity contribution in [1.29, 1.82) is 0 Å². The van der Waals surface area contributed by atoms with Crippen molar-refractivity contribution in [2.75, 3.05) is 13.1 Å². The number of carbonyl (C=O) groups excluding carboxylic acids is 1. The molecule has 2 rings (SSSR count). The van der Waals surface area contributed by atoms with Gasteiger partial charge in [0, 0.05) is 0 Å². The Hall–Kier alpha value is -1.13. The highest BCUT2D eigenvalue weighted by Crippen LogP contribution is 2.28. The number of piperidine rings is 1. The zero-order chi connectivity index (χ0) is 14.5. The smallest absolute Gasteiger partial charge is 0.293 e. The van der Waals surface area contributed by atoms with Crippen LogP contribution in [0.1, 0.15) is 29.9 Å². The van der Waals surface area contributed by atoms with Crippen LogP contribution in [0.15, 0.2) is 18.2 Å². The molecule has 1 aliphatic rings. The highest BCUT2D eigenvalue weighted by atomic mass is 19.1. The zero-order valence-electron chi connectivity index (χ0n) is 11.8. The van der Waals surface area contributed by atoms with E-state index in [-0.39, 0.29) is 5.82 Å². The summed E-state index contributed by atoms with van der Waals surface area (Å²) in [5.41, 5.74) is 1.58. The molecule has 0 spiro atoms. The zero-order valence-corrected chi connectivity index (χ0v) is 11.8. The van der Waals surface area contributed by atoms with Crippen molar-refractivity contribution in [3.8, 4) is 0 Å². The van der Waals surface area contributed by atoms with Gasteiger partial charge in [0.1, 0.15) is 5.82 Å². The lowest BCUT2D eigenvalue weighted by atomic mass is 9.66. The lowest BCUT2D eigenvalue weighted by Gasteiger charge is -2.30. The summed E-state index contributed by atoms with van der Waals surface area (Å²) in [7, 11) is 1.57. The van der Waals surface area contributed by atoms with E-state index >= 15 is 0 Å². The molecular formula is C14H19B2FNO2. The number of hydrogen-bond acceptors (Lipinski definition) is 3. The normalized spacial score (nSPS) is 16.9. The summed E-state index contributed by atoms with van der Waals surface area (Å²) < 4.78 is 14.0. The standard InChI is InChI=1S/C14H19B2FNO2/c1-16(20)9-13-3-2-12(8-14(13)17)11-4-6-18(7-5-11)15-10-19/h2-3,8,10-11,20H,4-7,9H2,1H3. The van der Waals surface area contributed by atoms with Gasteiger partial charge >= 0.3 is 0 Å². The first kappa shape index (κ1) is 15.3. The second-order valence-electron chi connectivity index (χ2n) is 5.50. The van der Waals surface area contributed by atoms with Crippen LogP contribution >= 0.6 is 0 Å². The summed E-state index contributed by atoms with van der Waals surface area (Å²) in [6.07, 6.45) is 3.02. The van der Waals surface area contributed by atoms with Crippen LogP contribution < -0.4 is 0 Å². The predicted octanol–water partition coefficient (Wildman–Crippen LogP) is 1.51. The van der Waals surface area contributed by atoms with Crippen LogP contribution in [0, 0.1) is 5.82 Å². The highest BCUT2D eigenvalue weighted by Gasteiger charge is 2.21. The third-order valence-electron chi connectivity index (χ3n) is 3.87. The Kier molecular flexibility index (Phi) is 5.38. The summed E-state index contributed by atoms with van der Waals surface area (Å²) in [6.45, 7) is 2.80. The first-order chi connectivity index (χ1) is 9.60. The molecule has 0 aromatic heterocycles. The fourth-order valence-electron chi connectivity index (χ4n) is 2.77. The summed E-state index contributed by atoms with van der Waals surface area (Å²) in [5, 5.41) is 9.32. The first-order valence-electron chi connectivity index (χ1n) is 7.09. The summed E-state index contributed by atoms with van der Waals surface area (Å²) in [4.78, 5) is 12.4. The number of rotatable bonds is 5. The Bertz CT molecular complexity index is 462. The van der Waals surface area contributed by atoms with E-state index < -0.39 is 6.92 Å². The number of nitrogens with zero attached hydrogens (tertiary/aromatic N) is 1. The Morgan fingerprint density at radius 2 is 2.20 bits per heavy atom. The van der Waals surface area contributed by atoms with Gasteiger partial charge in [-0.1, -0.05) is 19.0 Å². The Morgan fingerprint density at radius 3 is 2.75 bits per heavy atom. The molecule has 0 unspecified atom stereocenters. The van der Waals surface area contributed by atoms with Crippen LogP contribution in [0.4, 0.5) is 4.39 Å². The van der Waals surface area contributed by atoms with Crippen LogP contribution in [-0.4, -0.2) is 43.4 Å². The molecule has 1 fully saturated rings. The van der Waals surface area contributed by atoms with Crippen LogP contribution in [0.25, 0.3) is 0 Å². The van der Waals surface area contributed by atoms with Gasteiger partial charge in [0.2, 0.25) is 0 Å². The van der Waals surface area contributed by atoms with Gasteiger partial charge in [0.15, 0.2) is 0 Å². The fourth-order valence-corrected chi connectivity index (χ4v) is 2.77. The van der Waals surface area contributed by atoms with Crippen molar-refractivity contribution in [3.05, 3.63) is 35.1 Å². The second kappa shape index (κ2) is 7.04. The minimum absolute atomic E-state index is 0.231. The molecule has 0 amide bonds. The molecule has 6 heteroatoms. The molecule has 20 heavy (non-hydrogen) atoms. The van der Waals surface area contributed by atoms with Gasteiger partial charge in [-0.15, -0.1) is 0 Å². The molecular weight excluding hydrogens is 255 g/mol. The van der Waals surface area contributed by atoms with Crippen LogP contribution in [0.5, 0.6) is 0 Å². The van der Waals surface area contributed by atoms with E-state index in [0.717, 1.165) is 37.7 Å². The molecule has 0 bridgehead atoms. The van der Waals surface area contributed by atoms with Crippen LogP contribution in [0.2, 0.25) is 6.82 Å². The van der Waals surface area contributed by atoms with Gasteiger partial charge in [-0.05, 0) is 55.4 Å². The molecule has 105 valence electrons. The Morgan fingerprint density at radius 1 is 1.50 bits per heavy atom. The topological polar surface area (TPSA) is 40.5 Å². The monoisotopic (exact) mass is 274 g/mol. The van der Waals surface area contributed by atoms with Gasteiger partial charge in [0.05, 0.1) is 6.19 Å².